The van der Waals surface area contributed by atoms with Gasteiger partial charge < -0.3 is 15.4 Å². The van der Waals surface area contributed by atoms with E-state index < -0.39 is 0 Å². The van der Waals surface area contributed by atoms with E-state index in [1.54, 1.807) is 0 Å². The maximum Gasteiger partial charge on any atom is 0.263 e. The summed E-state index contributed by atoms with van der Waals surface area (Å²) in [5.74, 6) is -0.0245. The van der Waals surface area contributed by atoms with Gasteiger partial charge in [-0.3, -0.25) is 4.79 Å². The van der Waals surface area contributed by atoms with Crippen molar-refractivity contribution < 1.29 is 9.53 Å². The number of nitrogens with zero attached hydrogens (tertiary/aromatic N) is 1. The summed E-state index contributed by atoms with van der Waals surface area (Å²) in [6.45, 7) is 5.39. The second-order valence-electron chi connectivity index (χ2n) is 5.90. The largest absolute Gasteiger partial charge is 0.376 e. The molecule has 0 saturated carbocycles. The maximum absolute atomic E-state index is 12.1. The number of nitrogens with one attached hydrogen (secondary N) is 2. The normalized spacial score (nSPS) is 17.8. The van der Waals surface area contributed by atoms with Crippen LogP contribution in [0.15, 0.2) is 36.0 Å². The molecule has 5 nitrogen and oxygen atoms in total. The number of amides is 1. The summed E-state index contributed by atoms with van der Waals surface area (Å²) in [5, 5.41) is 15.0. The van der Waals surface area contributed by atoms with Gasteiger partial charge in [-0.2, -0.15) is 5.26 Å². The Morgan fingerprint density at radius 2 is 2.26 bits per heavy atom. The second kappa shape index (κ2) is 8.35. The third-order valence-corrected chi connectivity index (χ3v) is 3.83. The van der Waals surface area contributed by atoms with Crippen LogP contribution in [0.25, 0.3) is 0 Å². The van der Waals surface area contributed by atoms with Gasteiger partial charge in [0.15, 0.2) is 0 Å². The number of anilines is 1. The fourth-order valence-corrected chi connectivity index (χ4v) is 2.54. The van der Waals surface area contributed by atoms with Crippen LogP contribution in [0.4, 0.5) is 5.69 Å². The minimum absolute atomic E-state index is 0.0570. The number of rotatable bonds is 6. The Labute approximate surface area is 137 Å². The number of hydrogen-bond acceptors (Lipinski definition) is 4. The Hall–Kier alpha value is -2.32. The minimum Gasteiger partial charge on any atom is -0.376 e. The molecule has 1 aliphatic heterocycles. The van der Waals surface area contributed by atoms with Gasteiger partial charge in [-0.05, 0) is 30.4 Å². The zero-order valence-electron chi connectivity index (χ0n) is 13.6. The van der Waals surface area contributed by atoms with Gasteiger partial charge in [0.05, 0.1) is 6.10 Å². The van der Waals surface area contributed by atoms with Gasteiger partial charge in [-0.25, -0.2) is 0 Å². The highest BCUT2D eigenvalue weighted by Gasteiger charge is 2.17. The molecule has 1 fully saturated rings. The molecule has 1 unspecified atom stereocenters. The zero-order valence-corrected chi connectivity index (χ0v) is 13.6. The van der Waals surface area contributed by atoms with Gasteiger partial charge in [-0.15, -0.1) is 0 Å². The molecule has 1 aliphatic rings. The van der Waals surface area contributed by atoms with Crippen molar-refractivity contribution in [2.45, 2.75) is 38.7 Å². The molecule has 1 aromatic carbocycles. The summed E-state index contributed by atoms with van der Waals surface area (Å²) >= 11 is 0. The molecule has 0 aromatic heterocycles. The number of benzene rings is 1. The first-order valence-electron chi connectivity index (χ1n) is 7.97. The summed E-state index contributed by atoms with van der Waals surface area (Å²) in [6, 6.07) is 9.81. The van der Waals surface area contributed by atoms with Gasteiger partial charge in [0.1, 0.15) is 11.6 Å². The highest BCUT2D eigenvalue weighted by molar-refractivity contribution is 5.97. The number of carbonyl (C=O) groups excluding carboxylic acids is 1. The molecule has 122 valence electrons. The van der Waals surface area contributed by atoms with E-state index >= 15 is 0 Å². The SMILES string of the molecule is CC(C)c1ccccc1N/C=C(/C#N)C(=O)NCC1CCCO1. The van der Waals surface area contributed by atoms with Crippen molar-refractivity contribution in [2.24, 2.45) is 0 Å². The van der Waals surface area contributed by atoms with Crippen molar-refractivity contribution in [1.29, 1.82) is 5.26 Å². The monoisotopic (exact) mass is 313 g/mol. The molecule has 0 aliphatic carbocycles. The molecule has 1 atom stereocenters. The molecule has 1 amide bonds. The molecule has 2 rings (SSSR count). The van der Waals surface area contributed by atoms with Gasteiger partial charge in [0.25, 0.3) is 5.91 Å². The number of para-hydroxylation sites is 1. The first kappa shape index (κ1) is 17.0. The molecule has 0 spiro atoms. The fraction of sp³-hybridized carbons (Fsp3) is 0.444. The Morgan fingerprint density at radius 1 is 1.48 bits per heavy atom. The molecule has 2 N–H and O–H groups in total. The topological polar surface area (TPSA) is 74.2 Å². The highest BCUT2D eigenvalue weighted by Crippen LogP contribution is 2.23. The van der Waals surface area contributed by atoms with Gasteiger partial charge in [-0.1, -0.05) is 32.0 Å². The van der Waals surface area contributed by atoms with Crippen molar-refractivity contribution in [1.82, 2.24) is 5.32 Å². The smallest absolute Gasteiger partial charge is 0.263 e. The van der Waals surface area contributed by atoms with E-state index in [4.69, 9.17) is 4.74 Å². The Balaban J connectivity index is 1.98. The van der Waals surface area contributed by atoms with Crippen molar-refractivity contribution in [2.75, 3.05) is 18.5 Å². The van der Waals surface area contributed by atoms with Crippen LogP contribution in [-0.4, -0.2) is 25.2 Å². The summed E-state index contributed by atoms with van der Waals surface area (Å²) in [6.07, 6.45) is 3.50. The minimum atomic E-state index is -0.377. The lowest BCUT2D eigenvalue weighted by Gasteiger charge is -2.13. The Morgan fingerprint density at radius 3 is 2.91 bits per heavy atom. The van der Waals surface area contributed by atoms with Crippen LogP contribution >= 0.6 is 0 Å². The van der Waals surface area contributed by atoms with E-state index in [2.05, 4.69) is 24.5 Å². The quantitative estimate of drug-likeness (QED) is 0.625. The molecule has 5 heteroatoms. The van der Waals surface area contributed by atoms with E-state index in [0.29, 0.717) is 12.5 Å². The summed E-state index contributed by atoms with van der Waals surface area (Å²) in [4.78, 5) is 12.1. The molecular formula is C18H23N3O2. The molecule has 23 heavy (non-hydrogen) atoms. The van der Waals surface area contributed by atoms with Crippen molar-refractivity contribution in [3.63, 3.8) is 0 Å². The van der Waals surface area contributed by atoms with Crippen LogP contribution in [0.1, 0.15) is 38.2 Å². The zero-order chi connectivity index (χ0) is 16.7. The third kappa shape index (κ3) is 4.83. The highest BCUT2D eigenvalue weighted by atomic mass is 16.5. The standard InChI is InChI=1S/C18H23N3O2/c1-13(2)16-7-3-4-8-17(16)20-11-14(10-19)18(22)21-12-15-6-5-9-23-15/h3-4,7-8,11,13,15,20H,5-6,9,12H2,1-2H3,(H,21,22)/b14-11-. The molecule has 0 radical (unpaired) electrons. The molecule has 0 bridgehead atoms. The van der Waals surface area contributed by atoms with Gasteiger partial charge in [0, 0.05) is 25.0 Å². The van der Waals surface area contributed by atoms with Crippen molar-refractivity contribution in [3.8, 4) is 6.07 Å². The first-order valence-corrected chi connectivity index (χ1v) is 7.97. The number of nitriles is 1. The van der Waals surface area contributed by atoms with Crippen LogP contribution in [0.5, 0.6) is 0 Å². The average molecular weight is 313 g/mol. The predicted molar refractivity (Wildman–Crippen MR) is 89.8 cm³/mol. The maximum atomic E-state index is 12.1. The predicted octanol–water partition coefficient (Wildman–Crippen LogP) is 2.92. The van der Waals surface area contributed by atoms with Crippen LogP contribution in [0.3, 0.4) is 0 Å². The van der Waals surface area contributed by atoms with E-state index in [1.165, 1.54) is 6.20 Å². The summed E-state index contributed by atoms with van der Waals surface area (Å²) < 4.78 is 5.46. The molecule has 1 heterocycles. The lowest BCUT2D eigenvalue weighted by Crippen LogP contribution is -2.32. The van der Waals surface area contributed by atoms with Crippen LogP contribution < -0.4 is 10.6 Å². The van der Waals surface area contributed by atoms with E-state index in [1.807, 2.05) is 30.3 Å². The van der Waals surface area contributed by atoms with Crippen molar-refractivity contribution in [3.05, 3.63) is 41.6 Å². The number of ether oxygens (including phenoxy) is 1. The lowest BCUT2D eigenvalue weighted by atomic mass is 10.0. The van der Waals surface area contributed by atoms with Crippen molar-refractivity contribution >= 4 is 11.6 Å². The van der Waals surface area contributed by atoms with Crippen LogP contribution in [0, 0.1) is 11.3 Å². The number of carbonyl (C=O) groups is 1. The lowest BCUT2D eigenvalue weighted by molar-refractivity contribution is -0.117. The molecule has 1 aromatic rings. The number of hydrogen-bond donors (Lipinski definition) is 2. The first-order chi connectivity index (χ1) is 11.1. The Bertz CT molecular complexity index is 611. The van der Waals surface area contributed by atoms with Crippen LogP contribution in [0.2, 0.25) is 0 Å². The van der Waals surface area contributed by atoms with Crippen LogP contribution in [-0.2, 0) is 9.53 Å². The second-order valence-corrected chi connectivity index (χ2v) is 5.90. The summed E-state index contributed by atoms with van der Waals surface area (Å²) in [5.41, 5.74) is 2.10. The van der Waals surface area contributed by atoms with E-state index in [-0.39, 0.29) is 17.6 Å². The molecular weight excluding hydrogens is 290 g/mol. The van der Waals surface area contributed by atoms with E-state index in [9.17, 15) is 10.1 Å². The molecule has 1 saturated heterocycles. The summed E-state index contributed by atoms with van der Waals surface area (Å²) in [7, 11) is 0. The van der Waals surface area contributed by atoms with E-state index in [0.717, 1.165) is 30.7 Å². The van der Waals surface area contributed by atoms with Gasteiger partial charge >= 0.3 is 0 Å². The van der Waals surface area contributed by atoms with Gasteiger partial charge in [0.2, 0.25) is 0 Å². The third-order valence-electron chi connectivity index (χ3n) is 3.83. The average Bonchev–Trinajstić information content (AvgIpc) is 3.07. The fourth-order valence-electron chi connectivity index (χ4n) is 2.54. The Kier molecular flexibility index (Phi) is 6.19.